The summed E-state index contributed by atoms with van der Waals surface area (Å²) < 4.78 is 44.8. The molecule has 20 heteroatoms. The highest BCUT2D eigenvalue weighted by Gasteiger charge is 2.49. The molecule has 1 unspecified atom stereocenters. The second-order valence-electron chi connectivity index (χ2n) is 7.98. The quantitative estimate of drug-likeness (QED) is 0.116. The monoisotopic (exact) mass is 598 g/mol. The van der Waals surface area contributed by atoms with Gasteiger partial charge in [0.25, 0.3) is 17.0 Å². The van der Waals surface area contributed by atoms with Crippen LogP contribution in [0.15, 0.2) is 30.6 Å². The Morgan fingerprint density at radius 1 is 1.13 bits per heavy atom. The van der Waals surface area contributed by atoms with Gasteiger partial charge in [0.15, 0.2) is 0 Å². The molecular weight excluding hydrogens is 576 g/mol. The van der Waals surface area contributed by atoms with Gasteiger partial charge in [-0.3, -0.25) is 4.52 Å². The van der Waals surface area contributed by atoms with Crippen LogP contribution in [-0.2, 0) is 29.2 Å². The van der Waals surface area contributed by atoms with Gasteiger partial charge in [-0.2, -0.15) is 18.8 Å². The Morgan fingerprint density at radius 2 is 1.82 bits per heavy atom. The fourth-order valence-corrected chi connectivity index (χ4v) is 5.44. The van der Waals surface area contributed by atoms with E-state index in [4.69, 9.17) is 36.6 Å². The molecule has 1 aromatic carbocycles. The third-order valence-corrected chi connectivity index (χ3v) is 7.70. The highest BCUT2D eigenvalue weighted by molar-refractivity contribution is 7.60. The van der Waals surface area contributed by atoms with Gasteiger partial charge in [-0.25, -0.2) is 13.7 Å². The highest BCUT2D eigenvalue weighted by Crippen LogP contribution is 2.57. The van der Waals surface area contributed by atoms with Gasteiger partial charge in [0, 0.05) is 5.02 Å². The Morgan fingerprint density at radius 3 is 2.47 bits per heavy atom. The largest absolute Gasteiger partial charge is 0.490 e. The number of anilines is 1. The second kappa shape index (κ2) is 11.0. The SMILES string of the molecule is Nc1nc(O)c2c(n1)n([C@@H]1O[C@H](COP(=O)(O)OP(=O)(O)O)[C@@H](O)[C@H]1O)c[n+]2CCOc1ccc(Cl)cc1. The van der Waals surface area contributed by atoms with Gasteiger partial charge in [-0.05, 0) is 24.3 Å². The average molecular weight is 599 g/mol. The van der Waals surface area contributed by atoms with Crippen LogP contribution < -0.4 is 15.0 Å². The number of nitrogens with zero attached hydrogens (tertiary/aromatic N) is 4. The third-order valence-electron chi connectivity index (χ3n) is 5.30. The van der Waals surface area contributed by atoms with Crippen LogP contribution in [0.4, 0.5) is 5.95 Å². The van der Waals surface area contributed by atoms with Crippen molar-refractivity contribution in [2.75, 3.05) is 18.9 Å². The molecule has 3 heterocycles. The highest BCUT2D eigenvalue weighted by atomic mass is 35.5. The molecule has 1 saturated heterocycles. The molecule has 0 bridgehead atoms. The summed E-state index contributed by atoms with van der Waals surface area (Å²) >= 11 is 5.87. The molecule has 1 aliphatic heterocycles. The molecule has 4 rings (SSSR count). The maximum Gasteiger partial charge on any atom is 0.481 e. The zero-order valence-electron chi connectivity index (χ0n) is 19.1. The van der Waals surface area contributed by atoms with E-state index >= 15 is 0 Å². The molecule has 8 N–H and O–H groups in total. The number of phosphoric acid groups is 2. The molecule has 17 nitrogen and oxygen atoms in total. The van der Waals surface area contributed by atoms with Crippen molar-refractivity contribution in [2.24, 2.45) is 0 Å². The van der Waals surface area contributed by atoms with Crippen molar-refractivity contribution >= 4 is 44.4 Å². The smallest absolute Gasteiger partial charge is 0.481 e. The van der Waals surface area contributed by atoms with Crippen LogP contribution in [-0.4, -0.2) is 76.1 Å². The Kier molecular flexibility index (Phi) is 8.28. The van der Waals surface area contributed by atoms with E-state index < -0.39 is 52.7 Å². The molecule has 5 atom stereocenters. The molecule has 0 radical (unpaired) electrons. The topological polar surface area (TPSA) is 253 Å². The van der Waals surface area contributed by atoms with E-state index in [1.165, 1.54) is 15.5 Å². The summed E-state index contributed by atoms with van der Waals surface area (Å²) in [7, 11) is -10.6. The number of nitrogens with two attached hydrogens (primary N) is 1. The number of aromatic nitrogens is 4. The van der Waals surface area contributed by atoms with Crippen molar-refractivity contribution in [1.82, 2.24) is 14.5 Å². The lowest BCUT2D eigenvalue weighted by Crippen LogP contribution is -2.36. The van der Waals surface area contributed by atoms with Gasteiger partial charge >= 0.3 is 15.6 Å². The number of hydrogen-bond acceptors (Lipinski definition) is 12. The van der Waals surface area contributed by atoms with Gasteiger partial charge in [0.2, 0.25) is 18.5 Å². The lowest BCUT2D eigenvalue weighted by atomic mass is 10.1. The molecule has 3 aromatic rings. The molecule has 0 saturated carbocycles. The van der Waals surface area contributed by atoms with Crippen LogP contribution in [0.1, 0.15) is 6.23 Å². The molecule has 1 fully saturated rings. The zero-order valence-corrected chi connectivity index (χ0v) is 21.6. The minimum absolute atomic E-state index is 0.0111. The van der Waals surface area contributed by atoms with Crippen molar-refractivity contribution in [1.29, 1.82) is 0 Å². The lowest BCUT2D eigenvalue weighted by Gasteiger charge is -2.17. The van der Waals surface area contributed by atoms with Crippen molar-refractivity contribution in [2.45, 2.75) is 31.1 Å². The van der Waals surface area contributed by atoms with E-state index in [1.807, 2.05) is 0 Å². The van der Waals surface area contributed by atoms with E-state index in [0.29, 0.717) is 10.8 Å². The van der Waals surface area contributed by atoms with E-state index in [9.17, 15) is 29.3 Å². The number of benzene rings is 1. The van der Waals surface area contributed by atoms with E-state index in [0.717, 1.165) is 0 Å². The number of halogens is 1. The number of aliphatic hydroxyl groups excluding tert-OH is 2. The number of phosphoric ester groups is 1. The zero-order chi connectivity index (χ0) is 27.8. The predicted molar refractivity (Wildman–Crippen MR) is 126 cm³/mol. The molecule has 0 spiro atoms. The molecule has 208 valence electrons. The van der Waals surface area contributed by atoms with Crippen LogP contribution in [0.5, 0.6) is 11.6 Å². The summed E-state index contributed by atoms with van der Waals surface area (Å²) in [6, 6.07) is 6.63. The third kappa shape index (κ3) is 6.59. The number of nitrogen functional groups attached to an aromatic ring is 1. The Bertz CT molecular complexity index is 1400. The van der Waals surface area contributed by atoms with Crippen molar-refractivity contribution in [3.8, 4) is 11.6 Å². The van der Waals surface area contributed by atoms with Crippen molar-refractivity contribution in [3.05, 3.63) is 35.6 Å². The number of aromatic hydroxyl groups is 1. The first kappa shape index (κ1) is 28.6. The van der Waals surface area contributed by atoms with Gasteiger partial charge in [-0.15, -0.1) is 0 Å². The van der Waals surface area contributed by atoms with Gasteiger partial charge in [-0.1, -0.05) is 11.6 Å². The number of hydrogen-bond donors (Lipinski definition) is 7. The molecule has 0 amide bonds. The molecular formula is C18H23ClN5O12P2+. The first-order valence-corrected chi connectivity index (χ1v) is 14.0. The number of ether oxygens (including phenoxy) is 2. The summed E-state index contributed by atoms with van der Waals surface area (Å²) in [4.78, 5) is 34.7. The summed E-state index contributed by atoms with van der Waals surface area (Å²) in [5, 5.41) is 32.0. The van der Waals surface area contributed by atoms with E-state index in [2.05, 4.69) is 18.8 Å². The van der Waals surface area contributed by atoms with Gasteiger partial charge in [0.1, 0.15) is 37.2 Å². The van der Waals surface area contributed by atoms with E-state index in [-0.39, 0.29) is 30.3 Å². The molecule has 2 aromatic heterocycles. The summed E-state index contributed by atoms with van der Waals surface area (Å²) in [5.41, 5.74) is 5.78. The normalized spacial score (nSPS) is 23.5. The van der Waals surface area contributed by atoms with Gasteiger partial charge < -0.3 is 45.2 Å². The predicted octanol–water partition coefficient (Wildman–Crippen LogP) is -0.416. The van der Waals surface area contributed by atoms with Crippen LogP contribution in [0.3, 0.4) is 0 Å². The summed E-state index contributed by atoms with van der Waals surface area (Å²) in [6.45, 7) is -0.620. The maximum absolute atomic E-state index is 11.7. The molecule has 38 heavy (non-hydrogen) atoms. The second-order valence-corrected chi connectivity index (χ2v) is 11.2. The van der Waals surface area contributed by atoms with Crippen LogP contribution in [0, 0.1) is 0 Å². The minimum atomic E-state index is -5.37. The van der Waals surface area contributed by atoms with Crippen molar-refractivity contribution < 1.29 is 62.0 Å². The Hall–Kier alpha value is -2.40. The average Bonchev–Trinajstić information content (AvgIpc) is 3.29. The minimum Gasteiger partial charge on any atom is -0.490 e. The Labute approximate surface area is 218 Å². The standard InChI is InChI=1S/C18H22ClN5O12P2/c19-9-1-3-10(4-2-9)33-6-5-23-8-24(15-12(23)16(27)22-18(20)21-15)17-14(26)13(25)11(35-17)7-34-38(31,32)36-37(28,29)30/h1-4,8,11,13-14,17,25-26H,5-7H2,(H5-,20,21,22,27,28,29,30,31,32)/p+1/t11-,13-,14-,17-/m1/s1. The fraction of sp³-hybridized carbons (Fsp3) is 0.389. The number of fused-ring (bicyclic) bond motifs is 1. The number of aliphatic hydroxyl groups is 2. The summed E-state index contributed by atoms with van der Waals surface area (Å²) in [6.07, 6.45) is -4.74. The molecule has 0 aliphatic carbocycles. The first-order chi connectivity index (χ1) is 17.7. The number of imidazole rings is 1. The Balaban J connectivity index is 1.55. The van der Waals surface area contributed by atoms with Crippen LogP contribution in [0.2, 0.25) is 5.02 Å². The van der Waals surface area contributed by atoms with Crippen LogP contribution >= 0.6 is 27.2 Å². The lowest BCUT2D eigenvalue weighted by molar-refractivity contribution is -0.673. The maximum atomic E-state index is 11.7. The number of rotatable bonds is 10. The molecule has 1 aliphatic rings. The first-order valence-electron chi connectivity index (χ1n) is 10.6. The van der Waals surface area contributed by atoms with Crippen LogP contribution in [0.25, 0.3) is 11.2 Å². The van der Waals surface area contributed by atoms with E-state index in [1.54, 1.807) is 24.3 Å². The van der Waals surface area contributed by atoms with Crippen molar-refractivity contribution in [3.63, 3.8) is 0 Å². The van der Waals surface area contributed by atoms with Gasteiger partial charge in [0.05, 0.1) is 6.61 Å². The summed E-state index contributed by atoms with van der Waals surface area (Å²) in [5.74, 6) is -0.253. The fourth-order valence-electron chi connectivity index (χ4n) is 3.72.